The van der Waals surface area contributed by atoms with Gasteiger partial charge >= 0.3 is 0 Å². The Hall–Kier alpha value is -0.420. The molecule has 0 bridgehead atoms. The van der Waals surface area contributed by atoms with Gasteiger partial charge in [0.05, 0.1) is 13.2 Å². The van der Waals surface area contributed by atoms with E-state index in [-0.39, 0.29) is 5.57 Å². The fourth-order valence-corrected chi connectivity index (χ4v) is 0.465. The molecule has 0 rings (SSSR count). The summed E-state index contributed by atoms with van der Waals surface area (Å²) in [4.78, 5) is 0. The van der Waals surface area contributed by atoms with Crippen LogP contribution in [0.2, 0.25) is 0 Å². The van der Waals surface area contributed by atoms with Crippen LogP contribution < -0.4 is 0 Å². The maximum Gasteiger partial charge on any atom is 0.107 e. The van der Waals surface area contributed by atoms with Crippen LogP contribution in [0.4, 0.5) is 0 Å². The van der Waals surface area contributed by atoms with E-state index in [1.807, 2.05) is 0 Å². The lowest BCUT2D eigenvalue weighted by molar-refractivity contribution is 0.000222. The Morgan fingerprint density at radius 2 is 1.80 bits per heavy atom. The summed E-state index contributed by atoms with van der Waals surface area (Å²) in [5.41, 5.74) is 0.0987. The van der Waals surface area contributed by atoms with E-state index in [1.165, 1.54) is 0 Å². The van der Waals surface area contributed by atoms with Crippen LogP contribution in [0.5, 0.6) is 0 Å². The Morgan fingerprint density at radius 1 is 1.30 bits per heavy atom. The molecule has 4 N–H and O–H groups in total. The minimum atomic E-state index is -1.25. The normalized spacial score (nSPS) is 16.4. The molecule has 0 aromatic carbocycles. The van der Waals surface area contributed by atoms with Crippen molar-refractivity contribution in [3.63, 3.8) is 0 Å². The van der Waals surface area contributed by atoms with E-state index >= 15 is 0 Å². The van der Waals surface area contributed by atoms with Gasteiger partial charge < -0.3 is 20.4 Å². The van der Waals surface area contributed by atoms with Gasteiger partial charge in [-0.25, -0.2) is 0 Å². The predicted octanol–water partition coefficient (Wildman–Crippen LogP) is -1.75. The van der Waals surface area contributed by atoms with E-state index in [1.54, 1.807) is 0 Å². The lowest BCUT2D eigenvalue weighted by Gasteiger charge is -2.15. The smallest absolute Gasteiger partial charge is 0.107 e. The molecule has 0 unspecified atom stereocenters. The second-order valence-corrected chi connectivity index (χ2v) is 2.01. The van der Waals surface area contributed by atoms with Gasteiger partial charge in [-0.15, -0.1) is 0 Å². The van der Waals surface area contributed by atoms with Gasteiger partial charge in [0, 0.05) is 0 Å². The van der Waals surface area contributed by atoms with Crippen LogP contribution >= 0.6 is 0 Å². The van der Waals surface area contributed by atoms with E-state index in [2.05, 4.69) is 6.58 Å². The second kappa shape index (κ2) is 4.40. The zero-order valence-corrected chi connectivity index (χ0v) is 5.56. The molecule has 2 atom stereocenters. The molecule has 0 saturated carbocycles. The first-order valence-electron chi connectivity index (χ1n) is 2.89. The first-order valence-corrected chi connectivity index (χ1v) is 2.89. The van der Waals surface area contributed by atoms with Crippen molar-refractivity contribution in [2.75, 3.05) is 13.2 Å². The molecule has 60 valence electrons. The topological polar surface area (TPSA) is 80.9 Å². The summed E-state index contributed by atoms with van der Waals surface area (Å²) < 4.78 is 0. The predicted molar refractivity (Wildman–Crippen MR) is 35.3 cm³/mol. The van der Waals surface area contributed by atoms with Crippen molar-refractivity contribution in [3.05, 3.63) is 12.2 Å². The fourth-order valence-electron chi connectivity index (χ4n) is 0.465. The molecule has 0 aromatic heterocycles. The SMILES string of the molecule is C=C(CO)[C@H](O)[C@H](O)CO. The Morgan fingerprint density at radius 3 is 2.10 bits per heavy atom. The van der Waals surface area contributed by atoms with Crippen LogP contribution in [-0.2, 0) is 0 Å². The summed E-state index contributed by atoms with van der Waals surface area (Å²) in [6, 6.07) is 0. The van der Waals surface area contributed by atoms with Crippen molar-refractivity contribution < 1.29 is 20.4 Å². The minimum absolute atomic E-state index is 0.0987. The van der Waals surface area contributed by atoms with Crippen molar-refractivity contribution in [1.29, 1.82) is 0 Å². The highest BCUT2D eigenvalue weighted by Gasteiger charge is 2.16. The van der Waals surface area contributed by atoms with Gasteiger partial charge in [0.15, 0.2) is 0 Å². The quantitative estimate of drug-likeness (QED) is 0.356. The average Bonchev–Trinajstić information content (AvgIpc) is 2.00. The molecular weight excluding hydrogens is 136 g/mol. The highest BCUT2D eigenvalue weighted by atomic mass is 16.4. The Balaban J connectivity index is 3.81. The molecule has 0 saturated heterocycles. The second-order valence-electron chi connectivity index (χ2n) is 2.01. The molecular formula is C6H12O4. The zero-order valence-electron chi connectivity index (χ0n) is 5.56. The van der Waals surface area contributed by atoms with Crippen LogP contribution in [0.3, 0.4) is 0 Å². The maximum atomic E-state index is 8.92. The Kier molecular flexibility index (Phi) is 4.22. The average molecular weight is 148 g/mol. The Bertz CT molecular complexity index is 112. The number of hydrogen-bond acceptors (Lipinski definition) is 4. The van der Waals surface area contributed by atoms with Crippen molar-refractivity contribution in [1.82, 2.24) is 0 Å². The zero-order chi connectivity index (χ0) is 8.15. The monoisotopic (exact) mass is 148 g/mol. The molecule has 0 aliphatic carbocycles. The highest BCUT2D eigenvalue weighted by Crippen LogP contribution is 2.02. The first-order chi connectivity index (χ1) is 4.63. The lowest BCUT2D eigenvalue weighted by atomic mass is 10.1. The van der Waals surface area contributed by atoms with Gasteiger partial charge in [0.2, 0.25) is 0 Å². The summed E-state index contributed by atoms with van der Waals surface area (Å²) in [5, 5.41) is 34.4. The van der Waals surface area contributed by atoms with Crippen molar-refractivity contribution in [2.24, 2.45) is 0 Å². The highest BCUT2D eigenvalue weighted by molar-refractivity contribution is 5.04. The third kappa shape index (κ3) is 2.45. The molecule has 0 spiro atoms. The number of aliphatic hydroxyl groups is 4. The van der Waals surface area contributed by atoms with Gasteiger partial charge in [-0.2, -0.15) is 0 Å². The molecule has 0 heterocycles. The van der Waals surface area contributed by atoms with Crippen molar-refractivity contribution >= 4 is 0 Å². The molecule has 0 amide bonds. The van der Waals surface area contributed by atoms with Crippen LogP contribution in [0.1, 0.15) is 0 Å². The molecule has 0 fully saturated rings. The molecule has 4 heteroatoms. The Labute approximate surface area is 59.1 Å². The summed E-state index contributed by atoms with van der Waals surface area (Å²) in [5.74, 6) is 0. The fraction of sp³-hybridized carbons (Fsp3) is 0.667. The third-order valence-electron chi connectivity index (χ3n) is 1.17. The molecule has 0 aliphatic rings. The van der Waals surface area contributed by atoms with Crippen LogP contribution in [0.25, 0.3) is 0 Å². The van der Waals surface area contributed by atoms with Gasteiger partial charge in [-0.3, -0.25) is 0 Å². The van der Waals surface area contributed by atoms with E-state index < -0.39 is 25.4 Å². The van der Waals surface area contributed by atoms with Gasteiger partial charge in [0.1, 0.15) is 12.2 Å². The maximum absolute atomic E-state index is 8.92. The lowest BCUT2D eigenvalue weighted by Crippen LogP contribution is -2.31. The first kappa shape index (κ1) is 9.58. The molecule has 0 aromatic rings. The van der Waals surface area contributed by atoms with Crippen LogP contribution in [0.15, 0.2) is 12.2 Å². The summed E-state index contributed by atoms with van der Waals surface area (Å²) >= 11 is 0. The van der Waals surface area contributed by atoms with Gasteiger partial charge in [0.25, 0.3) is 0 Å². The molecule has 4 nitrogen and oxygen atoms in total. The number of aliphatic hydroxyl groups excluding tert-OH is 4. The van der Waals surface area contributed by atoms with E-state index in [0.717, 1.165) is 0 Å². The number of hydrogen-bond donors (Lipinski definition) is 4. The molecule has 0 radical (unpaired) electrons. The van der Waals surface area contributed by atoms with Crippen LogP contribution in [-0.4, -0.2) is 45.8 Å². The summed E-state index contributed by atoms with van der Waals surface area (Å²) in [6.07, 6.45) is -2.49. The largest absolute Gasteiger partial charge is 0.394 e. The van der Waals surface area contributed by atoms with Crippen molar-refractivity contribution in [2.45, 2.75) is 12.2 Å². The van der Waals surface area contributed by atoms with Gasteiger partial charge in [-0.05, 0) is 5.57 Å². The molecule has 0 aliphatic heterocycles. The van der Waals surface area contributed by atoms with E-state index in [9.17, 15) is 0 Å². The third-order valence-corrected chi connectivity index (χ3v) is 1.17. The molecule has 10 heavy (non-hydrogen) atoms. The minimum Gasteiger partial charge on any atom is -0.394 e. The van der Waals surface area contributed by atoms with Crippen molar-refractivity contribution in [3.8, 4) is 0 Å². The summed E-state index contributed by atoms with van der Waals surface area (Å²) in [7, 11) is 0. The van der Waals surface area contributed by atoms with E-state index in [4.69, 9.17) is 20.4 Å². The standard InChI is InChI=1S/C6H12O4/c1-4(2-7)6(10)5(9)3-8/h5-10H,1-3H2/t5-,6+/m1/s1. The van der Waals surface area contributed by atoms with Gasteiger partial charge in [-0.1, -0.05) is 6.58 Å². The van der Waals surface area contributed by atoms with Crippen LogP contribution in [0, 0.1) is 0 Å². The van der Waals surface area contributed by atoms with E-state index in [0.29, 0.717) is 0 Å². The number of rotatable bonds is 4. The summed E-state index contributed by atoms with van der Waals surface area (Å²) in [6.45, 7) is 2.34.